The molecule has 0 aliphatic carbocycles. The van der Waals surface area contributed by atoms with Gasteiger partial charge >= 0.3 is 0 Å². The van der Waals surface area contributed by atoms with E-state index in [0.717, 1.165) is 12.0 Å². The number of rotatable bonds is 5. The lowest BCUT2D eigenvalue weighted by molar-refractivity contribution is -0.118. The second-order valence-electron chi connectivity index (χ2n) is 6.04. The lowest BCUT2D eigenvalue weighted by Crippen LogP contribution is -2.29. The van der Waals surface area contributed by atoms with E-state index in [9.17, 15) is 4.79 Å². The van der Waals surface area contributed by atoms with Gasteiger partial charge in [0.1, 0.15) is 5.78 Å². The van der Waals surface area contributed by atoms with Gasteiger partial charge in [0.25, 0.3) is 0 Å². The molecule has 0 fully saturated rings. The van der Waals surface area contributed by atoms with Crippen LogP contribution >= 0.6 is 11.6 Å². The van der Waals surface area contributed by atoms with Crippen LogP contribution in [0.5, 0.6) is 0 Å². The maximum atomic E-state index is 11.9. The molecule has 2 N–H and O–H groups in total. The lowest BCUT2D eigenvalue weighted by Gasteiger charge is -2.22. The van der Waals surface area contributed by atoms with Gasteiger partial charge in [0.15, 0.2) is 0 Å². The Bertz CT molecular complexity index is 409. The minimum absolute atomic E-state index is 0.0695. The van der Waals surface area contributed by atoms with Crippen LogP contribution in [0.25, 0.3) is 0 Å². The summed E-state index contributed by atoms with van der Waals surface area (Å²) < 4.78 is 0. The predicted molar refractivity (Wildman–Crippen MR) is 76.8 cm³/mol. The zero-order valence-corrected chi connectivity index (χ0v) is 12.1. The molecule has 1 atom stereocenters. The van der Waals surface area contributed by atoms with Crippen LogP contribution in [0.3, 0.4) is 0 Å². The minimum atomic E-state index is -0.0695. The highest BCUT2D eigenvalue weighted by Crippen LogP contribution is 2.22. The first-order chi connectivity index (χ1) is 8.28. The molecule has 0 heterocycles. The van der Waals surface area contributed by atoms with Crippen molar-refractivity contribution in [2.75, 3.05) is 0 Å². The van der Waals surface area contributed by atoms with Crippen molar-refractivity contribution < 1.29 is 4.79 Å². The van der Waals surface area contributed by atoms with Gasteiger partial charge in [-0.15, -0.1) is 0 Å². The Kier molecular flexibility index (Phi) is 5.36. The molecular weight excluding hydrogens is 246 g/mol. The highest BCUT2D eigenvalue weighted by molar-refractivity contribution is 6.31. The average Bonchev–Trinajstić information content (AvgIpc) is 2.18. The molecule has 100 valence electrons. The maximum absolute atomic E-state index is 11.9. The Labute approximate surface area is 115 Å². The van der Waals surface area contributed by atoms with Crippen molar-refractivity contribution in [1.82, 2.24) is 0 Å². The second kappa shape index (κ2) is 6.35. The summed E-state index contributed by atoms with van der Waals surface area (Å²) in [6, 6.07) is 7.37. The van der Waals surface area contributed by atoms with E-state index >= 15 is 0 Å². The van der Waals surface area contributed by atoms with E-state index in [2.05, 4.69) is 20.8 Å². The molecule has 1 aromatic rings. The van der Waals surface area contributed by atoms with Crippen LogP contribution in [-0.2, 0) is 11.2 Å². The summed E-state index contributed by atoms with van der Waals surface area (Å²) in [4.78, 5) is 11.9. The molecule has 0 saturated carbocycles. The van der Waals surface area contributed by atoms with Crippen LogP contribution in [0.1, 0.15) is 39.2 Å². The molecule has 3 heteroatoms. The fourth-order valence-electron chi connectivity index (χ4n) is 2.08. The van der Waals surface area contributed by atoms with Gasteiger partial charge in [0, 0.05) is 23.9 Å². The molecule has 0 aromatic heterocycles. The molecule has 0 radical (unpaired) electrons. The number of ketones is 1. The van der Waals surface area contributed by atoms with E-state index in [1.165, 1.54) is 0 Å². The first-order valence-electron chi connectivity index (χ1n) is 6.28. The molecular formula is C15H22ClNO. The number of Topliss-reactive ketones (excluding diaryl/α,β-unsaturated/α-hetero) is 1. The number of benzene rings is 1. The van der Waals surface area contributed by atoms with Crippen LogP contribution in [0.15, 0.2) is 24.3 Å². The maximum Gasteiger partial charge on any atom is 0.138 e. The van der Waals surface area contributed by atoms with E-state index in [0.29, 0.717) is 17.9 Å². The van der Waals surface area contributed by atoms with Crippen LogP contribution in [0.2, 0.25) is 5.02 Å². The molecule has 0 bridgehead atoms. The van der Waals surface area contributed by atoms with Gasteiger partial charge in [-0.1, -0.05) is 50.6 Å². The van der Waals surface area contributed by atoms with Gasteiger partial charge in [-0.25, -0.2) is 0 Å². The highest BCUT2D eigenvalue weighted by atomic mass is 35.5. The third-order valence-corrected chi connectivity index (χ3v) is 3.08. The van der Waals surface area contributed by atoms with Gasteiger partial charge in [0.05, 0.1) is 0 Å². The van der Waals surface area contributed by atoms with E-state index in [1.807, 2.05) is 18.2 Å². The molecule has 1 aromatic carbocycles. The summed E-state index contributed by atoms with van der Waals surface area (Å²) in [5.74, 6) is 0.153. The zero-order chi connectivity index (χ0) is 13.8. The number of carbonyl (C=O) groups excluding carboxylic acids is 1. The standard InChI is InChI=1S/C15H22ClNO/c1-15(2,3)10-12(17)9-13(18)8-11-6-4-5-7-14(11)16/h4-7,12H,8-10,17H2,1-3H3. The van der Waals surface area contributed by atoms with Gasteiger partial charge in [-0.3, -0.25) is 4.79 Å². The Morgan fingerprint density at radius 2 is 1.94 bits per heavy atom. The van der Waals surface area contributed by atoms with E-state index in [4.69, 9.17) is 17.3 Å². The zero-order valence-electron chi connectivity index (χ0n) is 11.4. The van der Waals surface area contributed by atoms with Crippen molar-refractivity contribution in [3.63, 3.8) is 0 Å². The summed E-state index contributed by atoms with van der Waals surface area (Å²) in [6.07, 6.45) is 1.64. The fourth-order valence-corrected chi connectivity index (χ4v) is 2.28. The number of hydrogen-bond acceptors (Lipinski definition) is 2. The number of carbonyl (C=O) groups is 1. The number of hydrogen-bond donors (Lipinski definition) is 1. The van der Waals surface area contributed by atoms with Crippen molar-refractivity contribution in [3.8, 4) is 0 Å². The summed E-state index contributed by atoms with van der Waals surface area (Å²) in [6.45, 7) is 6.39. The first-order valence-corrected chi connectivity index (χ1v) is 6.66. The van der Waals surface area contributed by atoms with Crippen molar-refractivity contribution in [2.24, 2.45) is 11.1 Å². The van der Waals surface area contributed by atoms with Crippen molar-refractivity contribution >= 4 is 17.4 Å². The first kappa shape index (κ1) is 15.2. The summed E-state index contributed by atoms with van der Waals surface area (Å²) in [7, 11) is 0. The third-order valence-electron chi connectivity index (χ3n) is 2.71. The Balaban J connectivity index is 2.50. The summed E-state index contributed by atoms with van der Waals surface area (Å²) in [5, 5.41) is 0.648. The van der Waals surface area contributed by atoms with E-state index < -0.39 is 0 Å². The van der Waals surface area contributed by atoms with Crippen LogP contribution in [0, 0.1) is 5.41 Å². The minimum Gasteiger partial charge on any atom is -0.327 e. The molecule has 18 heavy (non-hydrogen) atoms. The number of halogens is 1. The Morgan fingerprint density at radius 1 is 1.33 bits per heavy atom. The third kappa shape index (κ3) is 5.65. The smallest absolute Gasteiger partial charge is 0.138 e. The predicted octanol–water partition coefficient (Wildman–Crippen LogP) is 3.61. The highest BCUT2D eigenvalue weighted by Gasteiger charge is 2.18. The number of nitrogens with two attached hydrogens (primary N) is 1. The molecule has 1 unspecified atom stereocenters. The molecule has 0 aliphatic rings. The molecule has 0 spiro atoms. The summed E-state index contributed by atoms with van der Waals surface area (Å²) >= 11 is 6.03. The van der Waals surface area contributed by atoms with Gasteiger partial charge < -0.3 is 5.73 Å². The van der Waals surface area contributed by atoms with Gasteiger partial charge in [-0.05, 0) is 23.5 Å². The second-order valence-corrected chi connectivity index (χ2v) is 6.44. The van der Waals surface area contributed by atoms with Crippen LogP contribution in [0.4, 0.5) is 0 Å². The molecule has 2 nitrogen and oxygen atoms in total. The molecule has 0 saturated heterocycles. The molecule has 0 aliphatic heterocycles. The average molecular weight is 268 g/mol. The monoisotopic (exact) mass is 267 g/mol. The quantitative estimate of drug-likeness (QED) is 0.886. The topological polar surface area (TPSA) is 43.1 Å². The van der Waals surface area contributed by atoms with Gasteiger partial charge in [-0.2, -0.15) is 0 Å². The SMILES string of the molecule is CC(C)(C)CC(N)CC(=O)Cc1ccccc1Cl. The molecule has 0 amide bonds. The largest absolute Gasteiger partial charge is 0.327 e. The van der Waals surface area contributed by atoms with Crippen molar-refractivity contribution in [3.05, 3.63) is 34.9 Å². The normalized spacial score (nSPS) is 13.4. The Hall–Kier alpha value is -0.860. The van der Waals surface area contributed by atoms with E-state index in [-0.39, 0.29) is 17.2 Å². The fraction of sp³-hybridized carbons (Fsp3) is 0.533. The van der Waals surface area contributed by atoms with Crippen molar-refractivity contribution in [1.29, 1.82) is 0 Å². The summed E-state index contributed by atoms with van der Waals surface area (Å²) in [5.41, 5.74) is 7.04. The van der Waals surface area contributed by atoms with Crippen LogP contribution < -0.4 is 5.73 Å². The molecule has 1 rings (SSSR count). The lowest BCUT2D eigenvalue weighted by atomic mass is 9.86. The van der Waals surface area contributed by atoms with Gasteiger partial charge in [0.2, 0.25) is 0 Å². The Morgan fingerprint density at radius 3 is 2.50 bits per heavy atom. The van der Waals surface area contributed by atoms with Crippen LogP contribution in [-0.4, -0.2) is 11.8 Å². The van der Waals surface area contributed by atoms with E-state index in [1.54, 1.807) is 6.07 Å². The van der Waals surface area contributed by atoms with Crippen molar-refractivity contribution in [2.45, 2.75) is 46.1 Å².